The molecule has 0 spiro atoms. The van der Waals surface area contributed by atoms with Crippen LogP contribution in [0.15, 0.2) is 0 Å². The summed E-state index contributed by atoms with van der Waals surface area (Å²) in [7, 11) is 1.81. The van der Waals surface area contributed by atoms with E-state index in [0.717, 1.165) is 19.1 Å². The highest BCUT2D eigenvalue weighted by Crippen LogP contribution is 2.36. The van der Waals surface area contributed by atoms with Crippen molar-refractivity contribution in [1.29, 1.82) is 0 Å². The molecule has 0 bridgehead atoms. The van der Waals surface area contributed by atoms with Crippen LogP contribution in [0.3, 0.4) is 0 Å². The lowest BCUT2D eigenvalue weighted by Crippen LogP contribution is -2.54. The topological polar surface area (TPSA) is 38.5 Å². The maximum absolute atomic E-state index is 6.03. The molecule has 2 N–H and O–H groups in total. The molecule has 3 heteroatoms. The van der Waals surface area contributed by atoms with E-state index in [2.05, 4.69) is 4.90 Å². The third-order valence-corrected chi connectivity index (χ3v) is 4.60. The van der Waals surface area contributed by atoms with E-state index in [0.29, 0.717) is 5.54 Å². The molecule has 0 aromatic rings. The molecular weight excluding hydrogens is 200 g/mol. The fourth-order valence-electron chi connectivity index (χ4n) is 3.49. The molecule has 1 saturated carbocycles. The Morgan fingerprint density at radius 1 is 1.25 bits per heavy atom. The van der Waals surface area contributed by atoms with Gasteiger partial charge in [0, 0.05) is 25.8 Å². The molecule has 2 aliphatic rings. The molecule has 16 heavy (non-hydrogen) atoms. The number of likely N-dealkylation sites (tertiary alicyclic amines) is 1. The van der Waals surface area contributed by atoms with E-state index in [-0.39, 0.29) is 0 Å². The second-order valence-electron chi connectivity index (χ2n) is 5.52. The van der Waals surface area contributed by atoms with Crippen LogP contribution in [-0.4, -0.2) is 43.8 Å². The van der Waals surface area contributed by atoms with Crippen molar-refractivity contribution in [3.63, 3.8) is 0 Å². The molecule has 0 aromatic heterocycles. The van der Waals surface area contributed by atoms with Crippen LogP contribution in [0.25, 0.3) is 0 Å². The maximum Gasteiger partial charge on any atom is 0.0491 e. The van der Waals surface area contributed by atoms with Crippen molar-refractivity contribution in [2.45, 2.75) is 44.1 Å². The van der Waals surface area contributed by atoms with Crippen LogP contribution in [0.4, 0.5) is 0 Å². The molecule has 0 radical (unpaired) electrons. The van der Waals surface area contributed by atoms with Gasteiger partial charge in [-0.25, -0.2) is 0 Å². The highest BCUT2D eigenvalue weighted by Gasteiger charge is 2.39. The SMILES string of the molecule is COCC1CCN(C2(CN)CCCC2)CC1. The van der Waals surface area contributed by atoms with Crippen LogP contribution in [-0.2, 0) is 4.74 Å². The fourth-order valence-corrected chi connectivity index (χ4v) is 3.49. The van der Waals surface area contributed by atoms with Gasteiger partial charge in [0.25, 0.3) is 0 Å². The summed E-state index contributed by atoms with van der Waals surface area (Å²) >= 11 is 0. The van der Waals surface area contributed by atoms with Crippen molar-refractivity contribution in [3.05, 3.63) is 0 Å². The van der Waals surface area contributed by atoms with Gasteiger partial charge in [0.2, 0.25) is 0 Å². The molecule has 1 saturated heterocycles. The summed E-state index contributed by atoms with van der Waals surface area (Å²) in [6.45, 7) is 4.24. The zero-order valence-corrected chi connectivity index (χ0v) is 10.6. The summed E-state index contributed by atoms with van der Waals surface area (Å²) in [6.07, 6.45) is 7.95. The Bertz CT molecular complexity index is 206. The monoisotopic (exact) mass is 226 g/mol. The largest absolute Gasteiger partial charge is 0.384 e. The highest BCUT2D eigenvalue weighted by atomic mass is 16.5. The van der Waals surface area contributed by atoms with E-state index in [4.69, 9.17) is 10.5 Å². The minimum atomic E-state index is 0.359. The molecule has 1 aliphatic carbocycles. The highest BCUT2D eigenvalue weighted by molar-refractivity contribution is 4.97. The molecule has 2 rings (SSSR count). The number of nitrogens with two attached hydrogens (primary N) is 1. The zero-order valence-electron chi connectivity index (χ0n) is 10.6. The van der Waals surface area contributed by atoms with Crippen LogP contribution in [0.5, 0.6) is 0 Å². The smallest absolute Gasteiger partial charge is 0.0491 e. The third-order valence-electron chi connectivity index (χ3n) is 4.60. The van der Waals surface area contributed by atoms with Gasteiger partial charge in [-0.05, 0) is 44.7 Å². The molecule has 1 aliphatic heterocycles. The van der Waals surface area contributed by atoms with Gasteiger partial charge >= 0.3 is 0 Å². The van der Waals surface area contributed by atoms with E-state index in [9.17, 15) is 0 Å². The number of piperidine rings is 1. The average Bonchev–Trinajstić information content (AvgIpc) is 2.80. The molecule has 1 heterocycles. The van der Waals surface area contributed by atoms with Crippen LogP contribution in [0, 0.1) is 5.92 Å². The summed E-state index contributed by atoms with van der Waals surface area (Å²) in [5.74, 6) is 0.775. The van der Waals surface area contributed by atoms with Crippen LogP contribution in [0.1, 0.15) is 38.5 Å². The average molecular weight is 226 g/mol. The fraction of sp³-hybridized carbons (Fsp3) is 1.00. The first-order valence-electron chi connectivity index (χ1n) is 6.75. The van der Waals surface area contributed by atoms with Crippen LogP contribution < -0.4 is 5.73 Å². The Balaban J connectivity index is 1.87. The summed E-state index contributed by atoms with van der Waals surface area (Å²) < 4.78 is 5.25. The summed E-state index contributed by atoms with van der Waals surface area (Å²) in [5.41, 5.74) is 6.39. The van der Waals surface area contributed by atoms with Crippen molar-refractivity contribution < 1.29 is 4.74 Å². The second-order valence-corrected chi connectivity index (χ2v) is 5.52. The summed E-state index contributed by atoms with van der Waals surface area (Å²) in [5, 5.41) is 0. The van der Waals surface area contributed by atoms with E-state index in [1.807, 2.05) is 7.11 Å². The van der Waals surface area contributed by atoms with Gasteiger partial charge in [-0.15, -0.1) is 0 Å². The lowest BCUT2D eigenvalue weighted by molar-refractivity contribution is 0.0367. The molecule has 0 aromatic carbocycles. The van der Waals surface area contributed by atoms with Gasteiger partial charge in [-0.3, -0.25) is 4.90 Å². The maximum atomic E-state index is 6.03. The third kappa shape index (κ3) is 2.41. The number of methoxy groups -OCH3 is 1. The normalized spacial score (nSPS) is 27.4. The van der Waals surface area contributed by atoms with Gasteiger partial charge < -0.3 is 10.5 Å². The molecule has 0 atom stereocenters. The van der Waals surface area contributed by atoms with E-state index < -0.39 is 0 Å². The van der Waals surface area contributed by atoms with Crippen molar-refractivity contribution >= 4 is 0 Å². The number of hydrogen-bond donors (Lipinski definition) is 1. The number of nitrogens with zero attached hydrogens (tertiary/aromatic N) is 1. The van der Waals surface area contributed by atoms with Crippen molar-refractivity contribution in [2.24, 2.45) is 11.7 Å². The quantitative estimate of drug-likeness (QED) is 0.791. The van der Waals surface area contributed by atoms with Crippen molar-refractivity contribution in [2.75, 3.05) is 33.4 Å². The van der Waals surface area contributed by atoms with Gasteiger partial charge in [0.1, 0.15) is 0 Å². The Labute approximate surface area is 99.3 Å². The van der Waals surface area contributed by atoms with Gasteiger partial charge in [0.05, 0.1) is 0 Å². The minimum absolute atomic E-state index is 0.359. The van der Waals surface area contributed by atoms with E-state index >= 15 is 0 Å². The molecule has 2 fully saturated rings. The number of hydrogen-bond acceptors (Lipinski definition) is 3. The summed E-state index contributed by atoms with van der Waals surface area (Å²) in [6, 6.07) is 0. The predicted octanol–water partition coefficient (Wildman–Crippen LogP) is 1.62. The minimum Gasteiger partial charge on any atom is -0.384 e. The first-order chi connectivity index (χ1) is 7.80. The van der Waals surface area contributed by atoms with Crippen LogP contribution >= 0.6 is 0 Å². The van der Waals surface area contributed by atoms with E-state index in [1.54, 1.807) is 0 Å². The molecule has 0 amide bonds. The van der Waals surface area contributed by atoms with Crippen molar-refractivity contribution in [3.8, 4) is 0 Å². The van der Waals surface area contributed by atoms with Crippen LogP contribution in [0.2, 0.25) is 0 Å². The summed E-state index contributed by atoms with van der Waals surface area (Å²) in [4.78, 5) is 2.67. The number of rotatable bonds is 4. The molecule has 94 valence electrons. The Hall–Kier alpha value is -0.120. The first kappa shape index (κ1) is 12.3. The van der Waals surface area contributed by atoms with Gasteiger partial charge in [0.15, 0.2) is 0 Å². The standard InChI is InChI=1S/C13H26N2O/c1-16-10-12-4-8-15(9-5-12)13(11-14)6-2-3-7-13/h12H,2-11,14H2,1H3. The lowest BCUT2D eigenvalue weighted by atomic mass is 9.89. The molecule has 3 nitrogen and oxygen atoms in total. The number of ether oxygens (including phenoxy) is 1. The Morgan fingerprint density at radius 2 is 1.88 bits per heavy atom. The van der Waals surface area contributed by atoms with Gasteiger partial charge in [-0.1, -0.05) is 12.8 Å². The second kappa shape index (κ2) is 5.48. The van der Waals surface area contributed by atoms with Crippen molar-refractivity contribution in [1.82, 2.24) is 4.90 Å². The van der Waals surface area contributed by atoms with Gasteiger partial charge in [-0.2, -0.15) is 0 Å². The Kier molecular flexibility index (Phi) is 4.22. The Morgan fingerprint density at radius 3 is 2.38 bits per heavy atom. The zero-order chi connectivity index (χ0) is 11.4. The lowest BCUT2D eigenvalue weighted by Gasteiger charge is -2.44. The molecular formula is C13H26N2O. The van der Waals surface area contributed by atoms with E-state index in [1.165, 1.54) is 51.6 Å². The molecule has 0 unspecified atom stereocenters. The predicted molar refractivity (Wildman–Crippen MR) is 66.4 cm³/mol. The first-order valence-corrected chi connectivity index (χ1v) is 6.75.